The normalized spacial score (nSPS) is 10.5. The molecule has 2 aromatic heterocycles. The Kier molecular flexibility index (Phi) is 2.64. The molecule has 0 aliphatic carbocycles. The Balaban J connectivity index is 1.88. The Labute approximate surface area is 108 Å². The lowest BCUT2D eigenvalue weighted by Gasteiger charge is -2.05. The van der Waals surface area contributed by atoms with Crippen LogP contribution >= 0.6 is 0 Å². The van der Waals surface area contributed by atoms with Crippen molar-refractivity contribution in [2.75, 3.05) is 5.32 Å². The molecule has 0 fully saturated rings. The first kappa shape index (κ1) is 11.3. The predicted molar refractivity (Wildman–Crippen MR) is 73.3 cm³/mol. The molecule has 1 amide bonds. The Morgan fingerprint density at radius 2 is 1.84 bits per heavy atom. The van der Waals surface area contributed by atoms with E-state index in [9.17, 15) is 9.59 Å². The molecular weight excluding hydrogens is 242 g/mol. The van der Waals surface area contributed by atoms with E-state index in [4.69, 9.17) is 0 Å². The van der Waals surface area contributed by atoms with Crippen molar-refractivity contribution in [2.45, 2.75) is 0 Å². The number of hydrogen-bond donors (Lipinski definition) is 3. The number of pyridine rings is 1. The molecule has 0 saturated heterocycles. The van der Waals surface area contributed by atoms with Gasteiger partial charge in [0.2, 0.25) is 5.56 Å². The minimum atomic E-state index is -0.305. The molecule has 0 atom stereocenters. The van der Waals surface area contributed by atoms with E-state index >= 15 is 0 Å². The van der Waals surface area contributed by atoms with E-state index in [1.165, 1.54) is 12.3 Å². The van der Waals surface area contributed by atoms with Gasteiger partial charge < -0.3 is 15.3 Å². The number of H-pyrrole nitrogens is 2. The van der Waals surface area contributed by atoms with Crippen LogP contribution in [0.1, 0.15) is 10.4 Å². The molecule has 5 nitrogen and oxygen atoms in total. The van der Waals surface area contributed by atoms with Crippen LogP contribution in [0.3, 0.4) is 0 Å². The van der Waals surface area contributed by atoms with Crippen LogP contribution in [0.2, 0.25) is 0 Å². The molecule has 2 heterocycles. The van der Waals surface area contributed by atoms with Crippen molar-refractivity contribution in [2.24, 2.45) is 0 Å². The SMILES string of the molecule is O=C(Nc1ccc2[nH]ccc2c1)c1cc[nH]c(=O)c1. The molecule has 0 saturated carbocycles. The van der Waals surface area contributed by atoms with Crippen LogP contribution in [0.5, 0.6) is 0 Å². The summed E-state index contributed by atoms with van der Waals surface area (Å²) >= 11 is 0. The van der Waals surface area contributed by atoms with Gasteiger partial charge in [0.05, 0.1) is 0 Å². The number of anilines is 1. The van der Waals surface area contributed by atoms with Gasteiger partial charge in [-0.25, -0.2) is 0 Å². The van der Waals surface area contributed by atoms with E-state index < -0.39 is 0 Å². The molecule has 19 heavy (non-hydrogen) atoms. The van der Waals surface area contributed by atoms with Crippen molar-refractivity contribution in [1.82, 2.24) is 9.97 Å². The summed E-state index contributed by atoms with van der Waals surface area (Å²) in [6, 6.07) is 10.3. The number of aromatic amines is 2. The van der Waals surface area contributed by atoms with Crippen LogP contribution in [-0.4, -0.2) is 15.9 Å². The second-order valence-electron chi connectivity index (χ2n) is 4.18. The highest BCUT2D eigenvalue weighted by molar-refractivity contribution is 6.05. The van der Waals surface area contributed by atoms with E-state index in [0.29, 0.717) is 11.3 Å². The van der Waals surface area contributed by atoms with Gasteiger partial charge in [0.15, 0.2) is 0 Å². The smallest absolute Gasteiger partial charge is 0.255 e. The molecule has 0 bridgehead atoms. The molecule has 5 heteroatoms. The standard InChI is InChI=1S/C14H11N3O2/c18-13-8-10(4-6-16-13)14(19)17-11-1-2-12-9(7-11)3-5-15-12/h1-8,15H,(H,16,18)(H,17,19). The summed E-state index contributed by atoms with van der Waals surface area (Å²) in [5, 5.41) is 3.78. The van der Waals surface area contributed by atoms with Crippen LogP contribution in [0.25, 0.3) is 10.9 Å². The van der Waals surface area contributed by atoms with Crippen molar-refractivity contribution in [3.05, 3.63) is 64.7 Å². The zero-order valence-corrected chi connectivity index (χ0v) is 9.94. The van der Waals surface area contributed by atoms with Crippen LogP contribution in [0.15, 0.2) is 53.6 Å². The largest absolute Gasteiger partial charge is 0.361 e. The van der Waals surface area contributed by atoms with Gasteiger partial charge in [-0.15, -0.1) is 0 Å². The Morgan fingerprint density at radius 1 is 1.00 bits per heavy atom. The summed E-state index contributed by atoms with van der Waals surface area (Å²) in [4.78, 5) is 28.7. The zero-order chi connectivity index (χ0) is 13.2. The van der Waals surface area contributed by atoms with Crippen molar-refractivity contribution in [1.29, 1.82) is 0 Å². The third kappa shape index (κ3) is 2.26. The summed E-state index contributed by atoms with van der Waals surface area (Å²) in [5.41, 5.74) is 1.73. The number of amides is 1. The lowest BCUT2D eigenvalue weighted by molar-refractivity contribution is 0.102. The first-order valence-corrected chi connectivity index (χ1v) is 5.79. The van der Waals surface area contributed by atoms with Gasteiger partial charge in [0, 0.05) is 40.6 Å². The fourth-order valence-electron chi connectivity index (χ4n) is 1.92. The van der Waals surface area contributed by atoms with Crippen LogP contribution < -0.4 is 10.9 Å². The minimum Gasteiger partial charge on any atom is -0.361 e. The van der Waals surface area contributed by atoms with Gasteiger partial charge in [-0.2, -0.15) is 0 Å². The fraction of sp³-hybridized carbons (Fsp3) is 0. The first-order chi connectivity index (χ1) is 9.22. The van der Waals surface area contributed by atoms with Crippen LogP contribution in [0.4, 0.5) is 5.69 Å². The summed E-state index contributed by atoms with van der Waals surface area (Å²) in [5.74, 6) is -0.305. The molecule has 3 N–H and O–H groups in total. The monoisotopic (exact) mass is 253 g/mol. The van der Waals surface area contributed by atoms with Crippen molar-refractivity contribution in [3.63, 3.8) is 0 Å². The average molecular weight is 253 g/mol. The Bertz CT molecular complexity index is 801. The van der Waals surface area contributed by atoms with Crippen molar-refractivity contribution >= 4 is 22.5 Å². The molecule has 0 spiro atoms. The lowest BCUT2D eigenvalue weighted by atomic mass is 10.2. The molecule has 3 aromatic rings. The maximum atomic E-state index is 12.0. The number of benzene rings is 1. The number of carbonyl (C=O) groups is 1. The van der Waals surface area contributed by atoms with E-state index in [2.05, 4.69) is 15.3 Å². The molecule has 0 aliphatic rings. The number of fused-ring (bicyclic) bond motifs is 1. The predicted octanol–water partition coefficient (Wildman–Crippen LogP) is 2.11. The maximum absolute atomic E-state index is 12.0. The summed E-state index contributed by atoms with van der Waals surface area (Å²) in [7, 11) is 0. The molecule has 0 unspecified atom stereocenters. The van der Waals surface area contributed by atoms with Crippen LogP contribution in [0, 0.1) is 0 Å². The average Bonchev–Trinajstić information content (AvgIpc) is 2.86. The van der Waals surface area contributed by atoms with E-state index in [1.807, 2.05) is 30.5 Å². The van der Waals surface area contributed by atoms with Crippen LogP contribution in [-0.2, 0) is 0 Å². The minimum absolute atomic E-state index is 0.297. The zero-order valence-electron chi connectivity index (χ0n) is 9.94. The molecule has 0 radical (unpaired) electrons. The van der Waals surface area contributed by atoms with Gasteiger partial charge in [-0.05, 0) is 30.3 Å². The highest BCUT2D eigenvalue weighted by atomic mass is 16.2. The van der Waals surface area contributed by atoms with Gasteiger partial charge >= 0.3 is 0 Å². The topological polar surface area (TPSA) is 77.8 Å². The number of rotatable bonds is 2. The molecule has 1 aromatic carbocycles. The van der Waals surface area contributed by atoms with Gasteiger partial charge in [0.25, 0.3) is 5.91 Å². The van der Waals surface area contributed by atoms with Crippen molar-refractivity contribution in [3.8, 4) is 0 Å². The summed E-state index contributed by atoms with van der Waals surface area (Å²) < 4.78 is 0. The molecule has 3 rings (SSSR count). The number of carbonyl (C=O) groups excluding carboxylic acids is 1. The first-order valence-electron chi connectivity index (χ1n) is 5.79. The summed E-state index contributed by atoms with van der Waals surface area (Å²) in [6.45, 7) is 0. The van der Waals surface area contributed by atoms with Gasteiger partial charge in [0.1, 0.15) is 0 Å². The maximum Gasteiger partial charge on any atom is 0.255 e. The highest BCUT2D eigenvalue weighted by Crippen LogP contribution is 2.18. The Morgan fingerprint density at radius 3 is 2.68 bits per heavy atom. The second-order valence-corrected chi connectivity index (χ2v) is 4.18. The fourth-order valence-corrected chi connectivity index (χ4v) is 1.92. The summed E-state index contributed by atoms with van der Waals surface area (Å²) in [6.07, 6.45) is 3.29. The van der Waals surface area contributed by atoms with Crippen molar-refractivity contribution < 1.29 is 4.79 Å². The lowest BCUT2D eigenvalue weighted by Crippen LogP contribution is -2.15. The highest BCUT2D eigenvalue weighted by Gasteiger charge is 2.06. The molecular formula is C14H11N3O2. The number of nitrogens with one attached hydrogen (secondary N) is 3. The van der Waals surface area contributed by atoms with E-state index in [1.54, 1.807) is 6.07 Å². The second kappa shape index (κ2) is 4.45. The third-order valence-electron chi connectivity index (χ3n) is 2.85. The van der Waals surface area contributed by atoms with Gasteiger partial charge in [-0.3, -0.25) is 9.59 Å². The quantitative estimate of drug-likeness (QED) is 0.654. The molecule has 94 valence electrons. The van der Waals surface area contributed by atoms with Gasteiger partial charge in [-0.1, -0.05) is 0 Å². The van der Waals surface area contributed by atoms with E-state index in [-0.39, 0.29) is 11.5 Å². The third-order valence-corrected chi connectivity index (χ3v) is 2.85. The number of aromatic nitrogens is 2. The van der Waals surface area contributed by atoms with E-state index in [0.717, 1.165) is 10.9 Å². The Hall–Kier alpha value is -2.82. The molecule has 0 aliphatic heterocycles. The number of hydrogen-bond acceptors (Lipinski definition) is 2.